The van der Waals surface area contributed by atoms with Crippen LogP contribution < -0.4 is 4.74 Å². The van der Waals surface area contributed by atoms with Crippen molar-refractivity contribution >= 4 is 11.7 Å². The summed E-state index contributed by atoms with van der Waals surface area (Å²) >= 11 is 0. The number of hydrogen-bond acceptors (Lipinski definition) is 5. The monoisotopic (exact) mass is 287 g/mol. The number of ether oxygens (including phenoxy) is 2. The zero-order chi connectivity index (χ0) is 15.4. The number of carbonyl (C=O) groups is 1. The Balaban J connectivity index is 2.59. The number of benzene rings is 2. The van der Waals surface area contributed by atoms with Crippen LogP contribution in [0.2, 0.25) is 0 Å². The van der Waals surface area contributed by atoms with Gasteiger partial charge in [-0.15, -0.1) is 0 Å². The van der Waals surface area contributed by atoms with E-state index in [4.69, 9.17) is 4.74 Å². The van der Waals surface area contributed by atoms with Gasteiger partial charge in [-0.2, -0.15) is 0 Å². The Morgan fingerprint density at radius 1 is 1.14 bits per heavy atom. The van der Waals surface area contributed by atoms with Gasteiger partial charge in [0, 0.05) is 11.6 Å². The summed E-state index contributed by atoms with van der Waals surface area (Å²) in [6.07, 6.45) is 0. The molecule has 0 fully saturated rings. The van der Waals surface area contributed by atoms with E-state index >= 15 is 0 Å². The van der Waals surface area contributed by atoms with E-state index in [2.05, 4.69) is 4.74 Å². The maximum absolute atomic E-state index is 11.6. The smallest absolute Gasteiger partial charge is 0.337 e. The second-order valence-electron chi connectivity index (χ2n) is 4.19. The minimum Gasteiger partial charge on any atom is -0.490 e. The lowest BCUT2D eigenvalue weighted by atomic mass is 10.0. The van der Waals surface area contributed by atoms with Gasteiger partial charge in [-0.3, -0.25) is 10.1 Å². The third-order valence-corrected chi connectivity index (χ3v) is 2.99. The molecule has 0 radical (unpaired) electrons. The van der Waals surface area contributed by atoms with Gasteiger partial charge < -0.3 is 9.47 Å². The second kappa shape index (κ2) is 6.04. The molecule has 0 unspecified atom stereocenters. The van der Waals surface area contributed by atoms with Crippen molar-refractivity contribution in [1.82, 2.24) is 0 Å². The van der Waals surface area contributed by atoms with Gasteiger partial charge in [-0.25, -0.2) is 4.79 Å². The number of carbonyl (C=O) groups excluding carboxylic acids is 1. The molecule has 108 valence electrons. The standard InChI is InChI=1S/C15H13NO5/c1-20-14-12(7-4-8-13(14)16(18)19)10-5-3-6-11(9-10)15(17)21-2/h3-9H,1-2H3. The summed E-state index contributed by atoms with van der Waals surface area (Å²) in [5.74, 6) is -0.314. The molecule has 0 amide bonds. The average Bonchev–Trinajstić information content (AvgIpc) is 2.53. The van der Waals surface area contributed by atoms with Crippen molar-refractivity contribution in [2.45, 2.75) is 0 Å². The molecule has 0 aromatic heterocycles. The van der Waals surface area contributed by atoms with E-state index in [0.717, 1.165) is 0 Å². The van der Waals surface area contributed by atoms with Crippen molar-refractivity contribution in [2.24, 2.45) is 0 Å². The highest BCUT2D eigenvalue weighted by Crippen LogP contribution is 2.37. The Kier molecular flexibility index (Phi) is 4.18. The molecule has 0 saturated carbocycles. The molecule has 0 saturated heterocycles. The van der Waals surface area contributed by atoms with Gasteiger partial charge in [0.2, 0.25) is 5.75 Å². The zero-order valence-electron chi connectivity index (χ0n) is 11.5. The Morgan fingerprint density at radius 3 is 2.48 bits per heavy atom. The molecule has 0 atom stereocenters. The third kappa shape index (κ3) is 2.84. The lowest BCUT2D eigenvalue weighted by Gasteiger charge is -2.09. The minimum atomic E-state index is -0.507. The van der Waals surface area contributed by atoms with Gasteiger partial charge in [0.05, 0.1) is 24.7 Å². The molecule has 0 aliphatic heterocycles. The van der Waals surface area contributed by atoms with Crippen LogP contribution in [0.25, 0.3) is 11.1 Å². The zero-order valence-corrected chi connectivity index (χ0v) is 11.5. The van der Waals surface area contributed by atoms with Gasteiger partial charge in [-0.05, 0) is 17.7 Å². The molecule has 0 bridgehead atoms. The number of methoxy groups -OCH3 is 2. The predicted molar refractivity (Wildman–Crippen MR) is 76.4 cm³/mol. The summed E-state index contributed by atoms with van der Waals surface area (Å²) in [5, 5.41) is 11.0. The van der Waals surface area contributed by atoms with E-state index in [1.165, 1.54) is 20.3 Å². The van der Waals surface area contributed by atoms with Crippen LogP contribution in [0.4, 0.5) is 5.69 Å². The first kappa shape index (κ1) is 14.5. The second-order valence-corrected chi connectivity index (χ2v) is 4.19. The Labute approximate surface area is 121 Å². The summed E-state index contributed by atoms with van der Waals surface area (Å²) in [7, 11) is 2.67. The van der Waals surface area contributed by atoms with Crippen molar-refractivity contribution in [1.29, 1.82) is 0 Å². The van der Waals surface area contributed by atoms with Gasteiger partial charge in [0.1, 0.15) is 0 Å². The first-order valence-corrected chi connectivity index (χ1v) is 6.08. The van der Waals surface area contributed by atoms with Crippen molar-refractivity contribution in [3.05, 3.63) is 58.1 Å². The number of rotatable bonds is 4. The maximum atomic E-state index is 11.6. The van der Waals surface area contributed by atoms with Crippen molar-refractivity contribution in [3.8, 4) is 16.9 Å². The average molecular weight is 287 g/mol. The van der Waals surface area contributed by atoms with Crippen molar-refractivity contribution in [2.75, 3.05) is 14.2 Å². The molecule has 6 heteroatoms. The van der Waals surface area contributed by atoms with Crippen molar-refractivity contribution in [3.63, 3.8) is 0 Å². The molecule has 2 aromatic rings. The highest BCUT2D eigenvalue weighted by atomic mass is 16.6. The SMILES string of the molecule is COC(=O)c1cccc(-c2cccc([N+](=O)[O-])c2OC)c1. The summed E-state index contributed by atoms with van der Waals surface area (Å²) < 4.78 is 9.83. The Bertz CT molecular complexity index is 696. The third-order valence-electron chi connectivity index (χ3n) is 2.99. The van der Waals surface area contributed by atoms with Gasteiger partial charge >= 0.3 is 11.7 Å². The molecule has 2 rings (SSSR count). The van der Waals surface area contributed by atoms with Crippen LogP contribution in [0.1, 0.15) is 10.4 Å². The van der Waals surface area contributed by atoms with E-state index in [1.807, 2.05) is 0 Å². The highest BCUT2D eigenvalue weighted by molar-refractivity contribution is 5.91. The Morgan fingerprint density at radius 2 is 1.86 bits per heavy atom. The number of hydrogen-bond donors (Lipinski definition) is 0. The van der Waals surface area contributed by atoms with Gasteiger partial charge in [0.15, 0.2) is 0 Å². The van der Waals surface area contributed by atoms with Crippen LogP contribution in [0, 0.1) is 10.1 Å². The normalized spacial score (nSPS) is 10.0. The molecule has 0 aliphatic rings. The van der Waals surface area contributed by atoms with E-state index in [1.54, 1.807) is 36.4 Å². The fraction of sp³-hybridized carbons (Fsp3) is 0.133. The first-order chi connectivity index (χ1) is 10.1. The summed E-state index contributed by atoms with van der Waals surface area (Å²) in [5.41, 5.74) is 1.41. The number of esters is 1. The first-order valence-electron chi connectivity index (χ1n) is 6.08. The fourth-order valence-electron chi connectivity index (χ4n) is 2.04. The number of para-hydroxylation sites is 1. The molecule has 6 nitrogen and oxygen atoms in total. The minimum absolute atomic E-state index is 0.126. The van der Waals surface area contributed by atoms with Gasteiger partial charge in [0.25, 0.3) is 0 Å². The largest absolute Gasteiger partial charge is 0.490 e. The lowest BCUT2D eigenvalue weighted by molar-refractivity contribution is -0.385. The van der Waals surface area contributed by atoms with Crippen LogP contribution in [-0.2, 0) is 4.74 Å². The van der Waals surface area contributed by atoms with E-state index in [9.17, 15) is 14.9 Å². The van der Waals surface area contributed by atoms with E-state index < -0.39 is 10.9 Å². The molecule has 0 aliphatic carbocycles. The summed E-state index contributed by atoms with van der Waals surface area (Å²) in [4.78, 5) is 22.1. The van der Waals surface area contributed by atoms with Crippen LogP contribution in [-0.4, -0.2) is 25.1 Å². The van der Waals surface area contributed by atoms with E-state index in [-0.39, 0.29) is 11.4 Å². The molecule has 2 aromatic carbocycles. The van der Waals surface area contributed by atoms with Crippen LogP contribution in [0.5, 0.6) is 5.75 Å². The van der Waals surface area contributed by atoms with Crippen molar-refractivity contribution < 1.29 is 19.2 Å². The lowest BCUT2D eigenvalue weighted by Crippen LogP contribution is -2.01. The van der Waals surface area contributed by atoms with E-state index in [0.29, 0.717) is 16.7 Å². The van der Waals surface area contributed by atoms with Crippen LogP contribution >= 0.6 is 0 Å². The number of nitro benzene ring substituents is 1. The van der Waals surface area contributed by atoms with Crippen LogP contribution in [0.3, 0.4) is 0 Å². The van der Waals surface area contributed by atoms with Crippen LogP contribution in [0.15, 0.2) is 42.5 Å². The molecule has 0 N–H and O–H groups in total. The topological polar surface area (TPSA) is 78.7 Å². The van der Waals surface area contributed by atoms with Gasteiger partial charge in [-0.1, -0.05) is 24.3 Å². The molecule has 21 heavy (non-hydrogen) atoms. The number of nitrogens with zero attached hydrogens (tertiary/aromatic N) is 1. The summed E-state index contributed by atoms with van der Waals surface area (Å²) in [6, 6.07) is 11.3. The predicted octanol–water partition coefficient (Wildman–Crippen LogP) is 3.06. The maximum Gasteiger partial charge on any atom is 0.337 e. The molecular formula is C15H13NO5. The fourth-order valence-corrected chi connectivity index (χ4v) is 2.04. The summed E-state index contributed by atoms with van der Waals surface area (Å²) in [6.45, 7) is 0. The highest BCUT2D eigenvalue weighted by Gasteiger charge is 2.19. The quantitative estimate of drug-likeness (QED) is 0.490. The molecular weight excluding hydrogens is 274 g/mol. The molecule has 0 heterocycles. The Hall–Kier alpha value is -2.89. The molecule has 0 spiro atoms. The number of nitro groups is 1.